The molecule has 0 aliphatic carbocycles. The minimum atomic E-state index is -0.135. The Bertz CT molecular complexity index is 856. The highest BCUT2D eigenvalue weighted by Gasteiger charge is 2.34. The highest BCUT2D eigenvalue weighted by atomic mass is 79.9. The van der Waals surface area contributed by atoms with Crippen molar-refractivity contribution in [3.05, 3.63) is 53.0 Å². The molecule has 0 bridgehead atoms. The maximum absolute atomic E-state index is 12.4. The molecular weight excluding hydrogens is 376 g/mol. The quantitative estimate of drug-likeness (QED) is 0.742. The van der Waals surface area contributed by atoms with E-state index in [9.17, 15) is 4.79 Å². The fraction of sp³-hybridized carbons (Fsp3) is 0.188. The zero-order valence-corrected chi connectivity index (χ0v) is 14.1. The van der Waals surface area contributed by atoms with Crippen LogP contribution in [0.3, 0.4) is 0 Å². The predicted octanol–water partition coefficient (Wildman–Crippen LogP) is 2.73. The van der Waals surface area contributed by atoms with Crippen LogP contribution in [-0.4, -0.2) is 45.2 Å². The normalized spacial score (nSPS) is 14.5. The van der Waals surface area contributed by atoms with Gasteiger partial charge in [-0.05, 0) is 40.2 Å². The Morgan fingerprint density at radius 3 is 3.00 bits per heavy atom. The fourth-order valence-corrected chi connectivity index (χ4v) is 2.79. The van der Waals surface area contributed by atoms with Crippen molar-refractivity contribution in [2.24, 2.45) is 0 Å². The number of nitrogens with zero attached hydrogens (tertiary/aromatic N) is 3. The Kier molecular flexibility index (Phi) is 3.81. The topological polar surface area (TPSA) is 84.2 Å². The zero-order chi connectivity index (χ0) is 16.5. The summed E-state index contributed by atoms with van der Waals surface area (Å²) in [6.07, 6.45) is 3.18. The number of amides is 1. The van der Waals surface area contributed by atoms with E-state index in [0.717, 1.165) is 4.47 Å². The van der Waals surface area contributed by atoms with E-state index < -0.39 is 0 Å². The summed E-state index contributed by atoms with van der Waals surface area (Å²) >= 11 is 3.39. The molecule has 24 heavy (non-hydrogen) atoms. The fourth-order valence-electron chi connectivity index (χ4n) is 2.45. The third kappa shape index (κ3) is 2.80. The van der Waals surface area contributed by atoms with Crippen molar-refractivity contribution in [3.63, 3.8) is 0 Å². The number of ether oxygens (including phenoxy) is 1. The molecule has 0 aromatic carbocycles. The minimum absolute atomic E-state index is 0.0661. The molecule has 0 saturated carbocycles. The second kappa shape index (κ2) is 6.12. The van der Waals surface area contributed by atoms with Crippen LogP contribution in [0.1, 0.15) is 10.5 Å². The van der Waals surface area contributed by atoms with E-state index in [4.69, 9.17) is 9.15 Å². The molecule has 0 atom stereocenters. The molecular formula is C16H13BrN4O3. The highest BCUT2D eigenvalue weighted by Crippen LogP contribution is 2.25. The van der Waals surface area contributed by atoms with Crippen LogP contribution in [0, 0.1) is 0 Å². The highest BCUT2D eigenvalue weighted by molar-refractivity contribution is 9.10. The van der Waals surface area contributed by atoms with Crippen LogP contribution in [0.4, 0.5) is 0 Å². The van der Waals surface area contributed by atoms with Crippen LogP contribution < -0.4 is 4.74 Å². The second-order valence-corrected chi connectivity index (χ2v) is 6.24. The average Bonchev–Trinajstić information content (AvgIpc) is 3.22. The lowest BCUT2D eigenvalue weighted by molar-refractivity contribution is 0.0152. The molecule has 1 aliphatic rings. The summed E-state index contributed by atoms with van der Waals surface area (Å²) < 4.78 is 11.8. The first kappa shape index (κ1) is 14.9. The molecule has 0 spiro atoms. The van der Waals surface area contributed by atoms with Gasteiger partial charge < -0.3 is 14.1 Å². The largest absolute Gasteiger partial charge is 0.470 e. The van der Waals surface area contributed by atoms with E-state index in [0.29, 0.717) is 36.1 Å². The van der Waals surface area contributed by atoms with Crippen molar-refractivity contribution in [3.8, 4) is 17.3 Å². The molecule has 1 fully saturated rings. The lowest BCUT2D eigenvalue weighted by atomic mass is 10.1. The number of pyridine rings is 1. The molecule has 4 heterocycles. The molecule has 3 aromatic rings. The Labute approximate surface area is 145 Å². The Morgan fingerprint density at radius 2 is 2.25 bits per heavy atom. The Morgan fingerprint density at radius 1 is 1.38 bits per heavy atom. The maximum Gasteiger partial charge on any atom is 0.274 e. The van der Waals surface area contributed by atoms with Crippen LogP contribution in [0.15, 0.2) is 51.7 Å². The molecule has 4 rings (SSSR count). The summed E-state index contributed by atoms with van der Waals surface area (Å²) in [5, 5.41) is 6.87. The Balaban J connectivity index is 1.37. The molecule has 8 heteroatoms. The summed E-state index contributed by atoms with van der Waals surface area (Å²) in [5.41, 5.74) is 1.04. The molecule has 122 valence electrons. The van der Waals surface area contributed by atoms with E-state index in [1.807, 2.05) is 12.1 Å². The summed E-state index contributed by atoms with van der Waals surface area (Å²) in [5.74, 6) is 1.05. The van der Waals surface area contributed by atoms with E-state index in [2.05, 4.69) is 31.1 Å². The van der Waals surface area contributed by atoms with Crippen LogP contribution in [-0.2, 0) is 0 Å². The zero-order valence-electron chi connectivity index (χ0n) is 12.5. The van der Waals surface area contributed by atoms with Crippen LogP contribution >= 0.6 is 15.9 Å². The maximum atomic E-state index is 12.4. The third-order valence-corrected chi connectivity index (χ3v) is 4.33. The van der Waals surface area contributed by atoms with Gasteiger partial charge in [0.05, 0.1) is 23.8 Å². The first-order chi connectivity index (χ1) is 11.7. The number of hydrogen-bond donors (Lipinski definition) is 1. The first-order valence-corrected chi connectivity index (χ1v) is 8.16. The number of hydrogen-bond acceptors (Lipinski definition) is 5. The average molecular weight is 389 g/mol. The van der Waals surface area contributed by atoms with Gasteiger partial charge in [-0.3, -0.25) is 9.89 Å². The van der Waals surface area contributed by atoms with E-state index in [-0.39, 0.29) is 12.0 Å². The van der Waals surface area contributed by atoms with Gasteiger partial charge in [0.1, 0.15) is 11.8 Å². The summed E-state index contributed by atoms with van der Waals surface area (Å²) in [6.45, 7) is 1.01. The second-order valence-electron chi connectivity index (χ2n) is 5.38. The van der Waals surface area contributed by atoms with Crippen molar-refractivity contribution in [1.82, 2.24) is 20.1 Å². The van der Waals surface area contributed by atoms with Crippen molar-refractivity contribution in [1.29, 1.82) is 0 Å². The SMILES string of the molecule is O=C(c1cc(-c2ccco2)[nH]n1)N1CC(Oc2ncccc2Br)C1. The van der Waals surface area contributed by atoms with E-state index >= 15 is 0 Å². The number of aromatic nitrogens is 3. The van der Waals surface area contributed by atoms with Crippen molar-refractivity contribution in [2.75, 3.05) is 13.1 Å². The number of H-pyrrole nitrogens is 1. The molecule has 7 nitrogen and oxygen atoms in total. The molecule has 0 unspecified atom stereocenters. The van der Waals surface area contributed by atoms with Gasteiger partial charge in [-0.25, -0.2) is 4.98 Å². The molecule has 1 N–H and O–H groups in total. The lowest BCUT2D eigenvalue weighted by Gasteiger charge is -2.38. The number of carbonyl (C=O) groups excluding carboxylic acids is 1. The lowest BCUT2D eigenvalue weighted by Crippen LogP contribution is -2.56. The van der Waals surface area contributed by atoms with Gasteiger partial charge in [-0.1, -0.05) is 0 Å². The van der Waals surface area contributed by atoms with Crippen LogP contribution in [0.2, 0.25) is 0 Å². The molecule has 1 saturated heterocycles. The summed E-state index contributed by atoms with van der Waals surface area (Å²) in [4.78, 5) is 18.3. The number of likely N-dealkylation sites (tertiary alicyclic amines) is 1. The third-order valence-electron chi connectivity index (χ3n) is 3.72. The van der Waals surface area contributed by atoms with Crippen LogP contribution in [0.5, 0.6) is 5.88 Å². The first-order valence-electron chi connectivity index (χ1n) is 7.36. The van der Waals surface area contributed by atoms with Gasteiger partial charge in [-0.2, -0.15) is 5.10 Å². The van der Waals surface area contributed by atoms with Gasteiger partial charge in [0.2, 0.25) is 5.88 Å². The van der Waals surface area contributed by atoms with E-state index in [1.165, 1.54) is 0 Å². The van der Waals surface area contributed by atoms with Crippen molar-refractivity contribution in [2.45, 2.75) is 6.10 Å². The smallest absolute Gasteiger partial charge is 0.274 e. The molecule has 1 amide bonds. The number of nitrogens with one attached hydrogen (secondary N) is 1. The summed E-state index contributed by atoms with van der Waals surface area (Å²) in [7, 11) is 0. The number of rotatable bonds is 4. The number of furan rings is 1. The van der Waals surface area contributed by atoms with Gasteiger partial charge in [0, 0.05) is 12.3 Å². The van der Waals surface area contributed by atoms with Gasteiger partial charge >= 0.3 is 0 Å². The predicted molar refractivity (Wildman–Crippen MR) is 88.5 cm³/mol. The van der Waals surface area contributed by atoms with Gasteiger partial charge in [-0.15, -0.1) is 0 Å². The Hall–Kier alpha value is -2.61. The molecule has 3 aromatic heterocycles. The van der Waals surface area contributed by atoms with Crippen molar-refractivity contribution >= 4 is 21.8 Å². The van der Waals surface area contributed by atoms with Gasteiger partial charge in [0.25, 0.3) is 5.91 Å². The summed E-state index contributed by atoms with van der Waals surface area (Å²) in [6, 6.07) is 8.96. The van der Waals surface area contributed by atoms with Crippen molar-refractivity contribution < 1.29 is 13.9 Å². The number of carbonyl (C=O) groups is 1. The van der Waals surface area contributed by atoms with Crippen LogP contribution in [0.25, 0.3) is 11.5 Å². The number of aromatic amines is 1. The standard InChI is InChI=1S/C16H13BrN4O3/c17-11-3-1-5-18-15(11)24-10-8-21(9-10)16(22)13-7-12(19-20-13)14-4-2-6-23-14/h1-7,10H,8-9H2,(H,19,20). The monoisotopic (exact) mass is 388 g/mol. The molecule has 0 radical (unpaired) electrons. The van der Waals surface area contributed by atoms with E-state index in [1.54, 1.807) is 35.6 Å². The number of halogens is 1. The molecule has 1 aliphatic heterocycles. The minimum Gasteiger partial charge on any atom is -0.470 e. The van der Waals surface area contributed by atoms with Gasteiger partial charge in [0.15, 0.2) is 11.5 Å².